The molecule has 3 N–H and O–H groups in total. The molecule has 6 rings (SSSR count). The van der Waals surface area contributed by atoms with E-state index in [0.29, 0.717) is 64.1 Å². The first-order valence-corrected chi connectivity index (χ1v) is 27.0. The number of nitrogens with one attached hydrogen (secondary N) is 2. The zero-order valence-electron chi connectivity index (χ0n) is 42.6. The molecule has 0 radical (unpaired) electrons. The van der Waals surface area contributed by atoms with E-state index in [1.807, 2.05) is 58.1 Å². The number of aromatic nitrogens is 2. The number of likely N-dealkylation sites (N-methyl/N-ethyl adjacent to an activating group) is 1. The Morgan fingerprint density at radius 1 is 1.00 bits per heavy atom. The van der Waals surface area contributed by atoms with E-state index in [9.17, 15) is 29.1 Å². The van der Waals surface area contributed by atoms with Gasteiger partial charge in [-0.25, -0.2) is 19.6 Å². The maximum absolute atomic E-state index is 14.2. The number of aryl methyl sites for hydroxylation is 1. The van der Waals surface area contributed by atoms with Gasteiger partial charge in [0.15, 0.2) is 0 Å². The zero-order chi connectivity index (χ0) is 53.2. The van der Waals surface area contributed by atoms with Gasteiger partial charge in [-0.3, -0.25) is 19.7 Å². The maximum atomic E-state index is 14.2. The number of alkyl halides is 2. The molecular weight excluding hydrogens is 1100 g/mol. The lowest BCUT2D eigenvalue weighted by Crippen LogP contribution is -2.60. The lowest BCUT2D eigenvalue weighted by molar-refractivity contribution is -0.162. The Morgan fingerprint density at radius 2 is 1.66 bits per heavy atom. The fourth-order valence-electron chi connectivity index (χ4n) is 8.86. The normalized spacial score (nSPS) is 25.9. The lowest BCUT2D eigenvalue weighted by Gasteiger charge is -2.41. The largest absolute Gasteiger partial charge is 0.457 e. The topological polar surface area (TPSA) is 221 Å². The molecule has 0 saturated carbocycles. The number of ether oxygens (including phenoxy) is 6. The fraction of sp³-hybridized carbons (Fsp3) is 0.558. The molecule has 3 aromatic rings. The molecule has 1 aromatic heterocycles. The van der Waals surface area contributed by atoms with Gasteiger partial charge in [0.2, 0.25) is 11.8 Å². The Bertz CT molecular complexity index is 2570. The third-order valence-electron chi connectivity index (χ3n) is 13.7. The SMILES string of the molecule is C/C1=C\C=C\[C@@H](C)[C@@]2(O)C[C@H](OC(=O)N2)[C@@H](C)C2O[C@@]2(C)[C@@H](OC(=O)[C@@H](C)N(C)C(=O)CCOCCOCCOCCNC(=O)c2ccc3nc(CBr)c(CBr)nc3c2)CC(=O)N(C)c2cc(cc(C)c2Cl)C1. The third-order valence-corrected chi connectivity index (χ3v) is 15.3. The smallest absolute Gasteiger partial charge is 0.409 e. The summed E-state index contributed by atoms with van der Waals surface area (Å²) in [5.41, 5.74) is 3.80. The van der Waals surface area contributed by atoms with E-state index in [4.69, 9.17) is 40.0 Å². The van der Waals surface area contributed by atoms with Gasteiger partial charge in [0.25, 0.3) is 5.91 Å². The first-order valence-electron chi connectivity index (χ1n) is 24.4. The summed E-state index contributed by atoms with van der Waals surface area (Å²) in [7, 11) is 3.10. The number of carbonyl (C=O) groups excluding carboxylic acids is 5. The van der Waals surface area contributed by atoms with Gasteiger partial charge in [-0.05, 0) is 69.5 Å². The van der Waals surface area contributed by atoms with E-state index in [-0.39, 0.29) is 57.5 Å². The van der Waals surface area contributed by atoms with E-state index >= 15 is 0 Å². The Hall–Kier alpha value is -4.54. The van der Waals surface area contributed by atoms with E-state index < -0.39 is 65.5 Å². The Labute approximate surface area is 448 Å². The summed E-state index contributed by atoms with van der Waals surface area (Å²) in [5, 5.41) is 18.7. The number of aliphatic hydroxyl groups is 1. The van der Waals surface area contributed by atoms with Crippen LogP contribution in [0.2, 0.25) is 5.02 Å². The number of carbonyl (C=O) groups is 5. The highest BCUT2D eigenvalue weighted by atomic mass is 79.9. The number of anilines is 1. The highest BCUT2D eigenvalue weighted by molar-refractivity contribution is 9.09. The van der Waals surface area contributed by atoms with Crippen LogP contribution >= 0.6 is 43.5 Å². The molecule has 4 amide bonds. The van der Waals surface area contributed by atoms with E-state index in [0.717, 1.165) is 28.1 Å². The Morgan fingerprint density at radius 3 is 2.34 bits per heavy atom. The molecule has 4 bridgehead atoms. The summed E-state index contributed by atoms with van der Waals surface area (Å²) in [6.45, 7) is 12.5. The standard InChI is InChI=1S/C52H67Br2ClN6O12/c1-30-10-9-11-32(3)52(67)27-42(71-50(66)59-52)33(4)47-51(6,73-47)43(26-45(63)61(8)41-24-35(22-30)23-31(2)46(41)55)72-49(65)34(5)60(7)44(62)14-16-68-18-20-70-21-19-69-17-15-56-48(64)36-12-13-37-38(25-36)58-40(29-54)39(28-53)57-37/h9-13,23-25,32-34,42-43,47,67H,14-22,26-29H2,1-8H3,(H,56,64)(H,59,66)/b11-9+,30-10+/t32-,33-,34-,42+,43+,47?,51+,52+/m1/s1. The molecule has 0 spiro atoms. The molecule has 8 atom stereocenters. The number of halogens is 3. The van der Waals surface area contributed by atoms with Crippen molar-refractivity contribution < 1.29 is 57.5 Å². The second-order valence-corrected chi connectivity index (χ2v) is 20.6. The van der Waals surface area contributed by atoms with Crippen LogP contribution in [0.25, 0.3) is 11.0 Å². The van der Waals surface area contributed by atoms with Crippen molar-refractivity contribution in [2.75, 3.05) is 65.2 Å². The molecule has 21 heteroatoms. The van der Waals surface area contributed by atoms with E-state index in [2.05, 4.69) is 52.5 Å². The lowest BCUT2D eigenvalue weighted by atomic mass is 9.82. The van der Waals surface area contributed by atoms with Gasteiger partial charge in [-0.1, -0.05) is 87.2 Å². The van der Waals surface area contributed by atoms with Crippen LogP contribution in [0.15, 0.2) is 54.1 Å². The van der Waals surface area contributed by atoms with Crippen LogP contribution < -0.4 is 15.5 Å². The summed E-state index contributed by atoms with van der Waals surface area (Å²) < 4.78 is 35.0. The van der Waals surface area contributed by atoms with Crippen molar-refractivity contribution >= 4 is 90.0 Å². The van der Waals surface area contributed by atoms with Crippen LogP contribution in [0.4, 0.5) is 10.5 Å². The second kappa shape index (κ2) is 25.8. The number of benzene rings is 2. The molecule has 73 heavy (non-hydrogen) atoms. The second-order valence-electron chi connectivity index (χ2n) is 19.1. The molecule has 0 aliphatic carbocycles. The highest BCUT2D eigenvalue weighted by Gasteiger charge is 2.64. The number of fused-ring (bicyclic) bond motifs is 6. The molecule has 18 nitrogen and oxygen atoms in total. The minimum absolute atomic E-state index is 0.0249. The Kier molecular flexibility index (Phi) is 20.4. The molecule has 1 unspecified atom stereocenters. The van der Waals surface area contributed by atoms with E-state index in [1.165, 1.54) is 23.8 Å². The summed E-state index contributed by atoms with van der Waals surface area (Å²) in [5.74, 6) is -2.78. The van der Waals surface area contributed by atoms with Crippen molar-refractivity contribution in [3.05, 3.63) is 87.2 Å². The number of amides is 4. The van der Waals surface area contributed by atoms with E-state index in [1.54, 1.807) is 32.2 Å². The van der Waals surface area contributed by atoms with Crippen LogP contribution in [-0.4, -0.2) is 146 Å². The van der Waals surface area contributed by atoms with Crippen molar-refractivity contribution in [1.29, 1.82) is 0 Å². The predicted molar refractivity (Wildman–Crippen MR) is 282 cm³/mol. The van der Waals surface area contributed by atoms with Crippen LogP contribution in [0.5, 0.6) is 0 Å². The average Bonchev–Trinajstić information content (AvgIpc) is 4.06. The zero-order valence-corrected chi connectivity index (χ0v) is 46.6. The molecule has 2 fully saturated rings. The van der Waals surface area contributed by atoms with Gasteiger partial charge in [0, 0.05) is 55.1 Å². The van der Waals surface area contributed by atoms with Crippen LogP contribution in [0, 0.1) is 18.8 Å². The number of rotatable bonds is 18. The quantitative estimate of drug-likeness (QED) is 0.0504. The highest BCUT2D eigenvalue weighted by Crippen LogP contribution is 2.49. The van der Waals surface area contributed by atoms with Crippen LogP contribution in [0.3, 0.4) is 0 Å². The first-order chi connectivity index (χ1) is 34.7. The summed E-state index contributed by atoms with van der Waals surface area (Å²) in [6.07, 6.45) is 2.51. The maximum Gasteiger partial charge on any atom is 0.409 e. The molecule has 3 aliphatic rings. The predicted octanol–water partition coefficient (Wildman–Crippen LogP) is 7.04. The monoisotopic (exact) mass is 1160 g/mol. The number of esters is 1. The van der Waals surface area contributed by atoms with Gasteiger partial charge in [0.1, 0.15) is 29.6 Å². The molecule has 3 aliphatic heterocycles. The van der Waals surface area contributed by atoms with Gasteiger partial charge in [0.05, 0.1) is 91.7 Å². The van der Waals surface area contributed by atoms with Gasteiger partial charge in [-0.15, -0.1) is 0 Å². The van der Waals surface area contributed by atoms with Crippen LogP contribution in [-0.2, 0) is 59.9 Å². The molecule has 398 valence electrons. The van der Waals surface area contributed by atoms with Crippen LogP contribution in [0.1, 0.15) is 86.8 Å². The number of hydrogen-bond acceptors (Lipinski definition) is 14. The average molecular weight is 1160 g/mol. The first kappa shape index (κ1) is 57.7. The Balaban J connectivity index is 0.973. The van der Waals surface area contributed by atoms with Crippen molar-refractivity contribution in [1.82, 2.24) is 25.5 Å². The molecular formula is C52H67Br2ClN6O12. The summed E-state index contributed by atoms with van der Waals surface area (Å²) >= 11 is 13.7. The number of alkyl carbamates (subject to hydrolysis) is 1. The van der Waals surface area contributed by atoms with Crippen molar-refractivity contribution in [2.24, 2.45) is 11.8 Å². The van der Waals surface area contributed by atoms with Crippen molar-refractivity contribution in [2.45, 2.75) is 114 Å². The minimum atomic E-state index is -1.63. The molecule has 4 heterocycles. The molecule has 2 saturated heterocycles. The number of allylic oxidation sites excluding steroid dienone is 3. The van der Waals surface area contributed by atoms with Crippen molar-refractivity contribution in [3.63, 3.8) is 0 Å². The fourth-order valence-corrected chi connectivity index (χ4v) is 9.99. The summed E-state index contributed by atoms with van der Waals surface area (Å²) in [4.78, 5) is 79.1. The number of epoxide rings is 1. The number of hydrogen-bond donors (Lipinski definition) is 3. The van der Waals surface area contributed by atoms with Gasteiger partial charge in [-0.2, -0.15) is 0 Å². The third kappa shape index (κ3) is 14.7. The van der Waals surface area contributed by atoms with Gasteiger partial charge < -0.3 is 48.6 Å². The van der Waals surface area contributed by atoms with Crippen molar-refractivity contribution in [3.8, 4) is 0 Å². The number of nitrogens with zero attached hydrogens (tertiary/aromatic N) is 4. The molecule has 2 aromatic carbocycles. The van der Waals surface area contributed by atoms with Gasteiger partial charge >= 0.3 is 12.1 Å². The summed E-state index contributed by atoms with van der Waals surface area (Å²) in [6, 6.07) is 7.98. The minimum Gasteiger partial charge on any atom is -0.457 e.